The summed E-state index contributed by atoms with van der Waals surface area (Å²) < 4.78 is 33.3. The number of sulfonamides is 1. The molecule has 2 aliphatic heterocycles. The molecule has 156 valence electrons. The Hall–Kier alpha value is -1.48. The minimum atomic E-state index is -3.67. The van der Waals surface area contributed by atoms with Gasteiger partial charge in [-0.25, -0.2) is 8.42 Å². The second kappa shape index (κ2) is 8.49. The summed E-state index contributed by atoms with van der Waals surface area (Å²) >= 11 is 0. The number of benzene rings is 1. The van der Waals surface area contributed by atoms with Gasteiger partial charge >= 0.3 is 0 Å². The van der Waals surface area contributed by atoms with Crippen molar-refractivity contribution in [2.24, 2.45) is 0 Å². The molecule has 2 fully saturated rings. The first-order chi connectivity index (χ1) is 13.2. The van der Waals surface area contributed by atoms with E-state index in [9.17, 15) is 13.2 Å². The zero-order chi connectivity index (χ0) is 20.5. The average Bonchev–Trinajstić information content (AvgIpc) is 2.67. The van der Waals surface area contributed by atoms with E-state index in [2.05, 4.69) is 11.9 Å². The minimum Gasteiger partial charge on any atom is -0.373 e. The molecule has 2 aliphatic rings. The Balaban J connectivity index is 1.78. The van der Waals surface area contributed by atoms with E-state index in [1.165, 1.54) is 10.4 Å². The molecule has 0 aromatic heterocycles. The van der Waals surface area contributed by atoms with Crippen molar-refractivity contribution in [1.29, 1.82) is 0 Å². The van der Waals surface area contributed by atoms with E-state index in [0.29, 0.717) is 18.7 Å². The van der Waals surface area contributed by atoms with Crippen LogP contribution in [0.1, 0.15) is 37.0 Å². The Morgan fingerprint density at radius 2 is 1.75 bits per heavy atom. The molecule has 3 rings (SSSR count). The highest BCUT2D eigenvalue weighted by atomic mass is 32.2. The lowest BCUT2D eigenvalue weighted by atomic mass is 10.0. The van der Waals surface area contributed by atoms with Crippen LogP contribution in [0.3, 0.4) is 0 Å². The van der Waals surface area contributed by atoms with Crippen LogP contribution in [0.2, 0.25) is 0 Å². The molecule has 2 atom stereocenters. The van der Waals surface area contributed by atoms with Crippen molar-refractivity contribution in [1.82, 2.24) is 14.1 Å². The second-order valence-corrected chi connectivity index (χ2v) is 10.00. The Morgan fingerprint density at radius 3 is 2.36 bits per heavy atom. The largest absolute Gasteiger partial charge is 0.373 e. The zero-order valence-corrected chi connectivity index (χ0v) is 18.0. The van der Waals surface area contributed by atoms with Gasteiger partial charge in [-0.15, -0.1) is 0 Å². The van der Waals surface area contributed by atoms with Gasteiger partial charge in [0.2, 0.25) is 10.0 Å². The number of hydrogen-bond acceptors (Lipinski definition) is 5. The van der Waals surface area contributed by atoms with Gasteiger partial charge in [-0.1, -0.05) is 6.07 Å². The van der Waals surface area contributed by atoms with Crippen LogP contribution in [-0.2, 0) is 14.8 Å². The van der Waals surface area contributed by atoms with E-state index >= 15 is 0 Å². The van der Waals surface area contributed by atoms with Gasteiger partial charge in [-0.3, -0.25) is 4.79 Å². The van der Waals surface area contributed by atoms with Crippen molar-refractivity contribution in [3.05, 3.63) is 29.8 Å². The van der Waals surface area contributed by atoms with Gasteiger partial charge in [0.1, 0.15) is 0 Å². The number of morpholine rings is 1. The quantitative estimate of drug-likeness (QED) is 0.756. The minimum absolute atomic E-state index is 0.129. The predicted molar refractivity (Wildman–Crippen MR) is 108 cm³/mol. The topological polar surface area (TPSA) is 70.2 Å². The van der Waals surface area contributed by atoms with E-state index < -0.39 is 10.0 Å². The van der Waals surface area contributed by atoms with Crippen molar-refractivity contribution in [3.63, 3.8) is 0 Å². The van der Waals surface area contributed by atoms with Crippen LogP contribution >= 0.6 is 0 Å². The van der Waals surface area contributed by atoms with Crippen LogP contribution < -0.4 is 0 Å². The molecule has 1 aromatic carbocycles. The Labute approximate surface area is 168 Å². The van der Waals surface area contributed by atoms with Crippen LogP contribution in [-0.4, -0.2) is 87.0 Å². The fourth-order valence-electron chi connectivity index (χ4n) is 4.02. The zero-order valence-electron chi connectivity index (χ0n) is 17.2. The van der Waals surface area contributed by atoms with Crippen molar-refractivity contribution < 1.29 is 17.9 Å². The monoisotopic (exact) mass is 409 g/mol. The van der Waals surface area contributed by atoms with Crippen LogP contribution in [0.5, 0.6) is 0 Å². The van der Waals surface area contributed by atoms with Crippen molar-refractivity contribution in [2.45, 2.75) is 49.8 Å². The summed E-state index contributed by atoms with van der Waals surface area (Å²) in [5.74, 6) is -0.129. The molecule has 1 aromatic rings. The molecule has 0 spiro atoms. The van der Waals surface area contributed by atoms with Crippen molar-refractivity contribution >= 4 is 15.9 Å². The standard InChI is InChI=1S/C20H31N3O4S/c1-15-13-23(14-16(2)27-15)28(25,26)19-7-5-6-17(12-19)20(24)22(4)18-8-10-21(3)11-9-18/h5-7,12,15-16,18H,8-11,13-14H2,1-4H3/t15-,16-/m0/s1. The Morgan fingerprint density at radius 1 is 1.14 bits per heavy atom. The van der Waals surface area contributed by atoms with E-state index in [1.807, 2.05) is 20.9 Å². The third-order valence-corrected chi connectivity index (χ3v) is 7.49. The molecule has 2 saturated heterocycles. The van der Waals surface area contributed by atoms with Crippen molar-refractivity contribution in [2.75, 3.05) is 40.3 Å². The second-order valence-electron chi connectivity index (χ2n) is 8.06. The molecule has 0 aliphatic carbocycles. The number of ether oxygens (including phenoxy) is 1. The van der Waals surface area contributed by atoms with Gasteiger partial charge < -0.3 is 14.5 Å². The number of carbonyl (C=O) groups excluding carboxylic acids is 1. The molecule has 28 heavy (non-hydrogen) atoms. The molecule has 1 amide bonds. The summed E-state index contributed by atoms with van der Waals surface area (Å²) in [5.41, 5.74) is 0.414. The summed E-state index contributed by atoms with van der Waals surface area (Å²) in [6.07, 6.45) is 1.55. The van der Waals surface area contributed by atoms with Crippen LogP contribution in [0.4, 0.5) is 0 Å². The molecule has 0 bridgehead atoms. The number of rotatable bonds is 4. The maximum absolute atomic E-state index is 13.1. The number of piperidine rings is 1. The molecule has 8 heteroatoms. The highest BCUT2D eigenvalue weighted by molar-refractivity contribution is 7.89. The number of amides is 1. The molecule has 0 saturated carbocycles. The van der Waals surface area contributed by atoms with Crippen molar-refractivity contribution in [3.8, 4) is 0 Å². The number of nitrogens with zero attached hydrogens (tertiary/aromatic N) is 3. The number of carbonyl (C=O) groups is 1. The van der Waals surface area contributed by atoms with Crippen LogP contribution in [0, 0.1) is 0 Å². The van der Waals surface area contributed by atoms with E-state index in [1.54, 1.807) is 23.1 Å². The first kappa shape index (κ1) is 21.2. The van der Waals surface area contributed by atoms with Gasteiger partial charge in [0.15, 0.2) is 0 Å². The molecule has 0 N–H and O–H groups in total. The van der Waals surface area contributed by atoms with Crippen LogP contribution in [0.25, 0.3) is 0 Å². The Kier molecular flexibility index (Phi) is 6.44. The van der Waals surface area contributed by atoms with Gasteiger partial charge in [0, 0.05) is 31.7 Å². The molecule has 0 radical (unpaired) electrons. The fraction of sp³-hybridized carbons (Fsp3) is 0.650. The lowest BCUT2D eigenvalue weighted by Gasteiger charge is -2.35. The third kappa shape index (κ3) is 4.56. The maximum Gasteiger partial charge on any atom is 0.253 e. The lowest BCUT2D eigenvalue weighted by molar-refractivity contribution is -0.0440. The highest BCUT2D eigenvalue weighted by Gasteiger charge is 2.33. The number of hydrogen-bond donors (Lipinski definition) is 0. The predicted octanol–water partition coefficient (Wildman–Crippen LogP) is 1.65. The summed E-state index contributed by atoms with van der Waals surface area (Å²) in [5, 5.41) is 0. The first-order valence-corrected chi connectivity index (χ1v) is 11.3. The van der Waals surface area contributed by atoms with E-state index in [0.717, 1.165) is 25.9 Å². The van der Waals surface area contributed by atoms with Gasteiger partial charge in [0.05, 0.1) is 17.1 Å². The average molecular weight is 410 g/mol. The van der Waals surface area contributed by atoms with Crippen LogP contribution in [0.15, 0.2) is 29.2 Å². The fourth-order valence-corrected chi connectivity index (χ4v) is 5.65. The summed E-state index contributed by atoms with van der Waals surface area (Å²) in [6.45, 7) is 6.30. The SMILES string of the molecule is C[C@H]1CN(S(=O)(=O)c2cccc(C(=O)N(C)C3CCN(C)CC3)c2)C[C@H](C)O1. The van der Waals surface area contributed by atoms with Gasteiger partial charge in [0.25, 0.3) is 5.91 Å². The third-order valence-electron chi connectivity index (χ3n) is 5.66. The Bertz CT molecular complexity index is 795. The lowest BCUT2D eigenvalue weighted by Crippen LogP contribution is -2.48. The summed E-state index contributed by atoms with van der Waals surface area (Å²) in [7, 11) is 0.228. The van der Waals surface area contributed by atoms with E-state index in [-0.39, 0.29) is 29.1 Å². The summed E-state index contributed by atoms with van der Waals surface area (Å²) in [6, 6.07) is 6.60. The number of likely N-dealkylation sites (tertiary alicyclic amines) is 1. The first-order valence-electron chi connectivity index (χ1n) is 9.90. The molecule has 7 nitrogen and oxygen atoms in total. The molecule has 0 unspecified atom stereocenters. The van der Waals surface area contributed by atoms with E-state index in [4.69, 9.17) is 4.74 Å². The molecular formula is C20H31N3O4S. The summed E-state index contributed by atoms with van der Waals surface area (Å²) in [4.78, 5) is 17.2. The maximum atomic E-state index is 13.1. The van der Waals surface area contributed by atoms with Gasteiger partial charge in [-0.2, -0.15) is 4.31 Å². The molecular weight excluding hydrogens is 378 g/mol. The van der Waals surface area contributed by atoms with Gasteiger partial charge in [-0.05, 0) is 65.0 Å². The highest BCUT2D eigenvalue weighted by Crippen LogP contribution is 2.23. The smallest absolute Gasteiger partial charge is 0.253 e. The molecule has 2 heterocycles. The normalized spacial score (nSPS) is 25.6.